The summed E-state index contributed by atoms with van der Waals surface area (Å²) in [5.74, 6) is 0.0249. The first kappa shape index (κ1) is 14.8. The van der Waals surface area contributed by atoms with Crippen molar-refractivity contribution in [2.75, 3.05) is 10.6 Å². The fourth-order valence-corrected chi connectivity index (χ4v) is 2.03. The molecule has 0 aliphatic carbocycles. The van der Waals surface area contributed by atoms with Gasteiger partial charge >= 0.3 is 0 Å². The maximum Gasteiger partial charge on any atom is 0.261 e. The summed E-state index contributed by atoms with van der Waals surface area (Å²) in [5.41, 5.74) is 3.12. The first-order chi connectivity index (χ1) is 9.88. The van der Waals surface area contributed by atoms with Gasteiger partial charge in [0.05, 0.1) is 5.69 Å². The Bertz CT molecular complexity index is 685. The van der Waals surface area contributed by atoms with E-state index in [-0.39, 0.29) is 11.8 Å². The summed E-state index contributed by atoms with van der Waals surface area (Å²) < 4.78 is 4.99. The molecule has 6 heteroatoms. The number of hydrogen-bond donors (Lipinski definition) is 2. The number of nitrogens with one attached hydrogen (secondary N) is 2. The minimum absolute atomic E-state index is 0.165. The average Bonchev–Trinajstić information content (AvgIpc) is 2.72. The van der Waals surface area contributed by atoms with Crippen LogP contribution in [0.25, 0.3) is 0 Å². The SMILES string of the molecule is CC(=O)Nc1ccc(C)c(NC(=O)c2c(C)noc2C)c1. The van der Waals surface area contributed by atoms with Crippen LogP contribution >= 0.6 is 0 Å². The Hall–Kier alpha value is -2.63. The Kier molecular flexibility index (Phi) is 4.07. The fourth-order valence-electron chi connectivity index (χ4n) is 2.03. The summed E-state index contributed by atoms with van der Waals surface area (Å²) in [6.45, 7) is 6.71. The number of hydrogen-bond acceptors (Lipinski definition) is 4. The monoisotopic (exact) mass is 287 g/mol. The quantitative estimate of drug-likeness (QED) is 0.909. The largest absolute Gasteiger partial charge is 0.361 e. The second-order valence-corrected chi connectivity index (χ2v) is 4.86. The van der Waals surface area contributed by atoms with Crippen LogP contribution in [0.4, 0.5) is 11.4 Å². The molecule has 0 unspecified atom stereocenters. The van der Waals surface area contributed by atoms with Gasteiger partial charge in [-0.3, -0.25) is 9.59 Å². The fraction of sp³-hybridized carbons (Fsp3) is 0.267. The Morgan fingerprint density at radius 2 is 1.86 bits per heavy atom. The summed E-state index contributed by atoms with van der Waals surface area (Å²) in [5, 5.41) is 9.27. The van der Waals surface area contributed by atoms with Crippen LogP contribution in [0.3, 0.4) is 0 Å². The van der Waals surface area contributed by atoms with Crippen LogP contribution in [0.5, 0.6) is 0 Å². The number of nitrogens with zero attached hydrogens (tertiary/aromatic N) is 1. The van der Waals surface area contributed by atoms with E-state index < -0.39 is 0 Å². The Morgan fingerprint density at radius 1 is 1.14 bits per heavy atom. The molecular weight excluding hydrogens is 270 g/mol. The maximum atomic E-state index is 12.3. The molecule has 2 rings (SSSR count). The minimum atomic E-state index is -0.283. The standard InChI is InChI=1S/C15H17N3O3/c1-8-5-6-12(16-11(4)19)7-13(8)17-15(20)14-9(2)18-21-10(14)3/h5-7H,1-4H3,(H,16,19)(H,17,20). The summed E-state index contributed by atoms with van der Waals surface area (Å²) in [7, 11) is 0. The van der Waals surface area contributed by atoms with Crippen LogP contribution in [0.1, 0.15) is 34.3 Å². The lowest BCUT2D eigenvalue weighted by atomic mass is 10.1. The third-order valence-corrected chi connectivity index (χ3v) is 3.07. The van der Waals surface area contributed by atoms with Crippen molar-refractivity contribution in [3.63, 3.8) is 0 Å². The van der Waals surface area contributed by atoms with Crippen molar-refractivity contribution < 1.29 is 14.1 Å². The average molecular weight is 287 g/mol. The van der Waals surface area contributed by atoms with E-state index in [1.54, 1.807) is 26.0 Å². The van der Waals surface area contributed by atoms with Gasteiger partial charge in [0.2, 0.25) is 5.91 Å². The highest BCUT2D eigenvalue weighted by Crippen LogP contribution is 2.22. The highest BCUT2D eigenvalue weighted by atomic mass is 16.5. The maximum absolute atomic E-state index is 12.3. The molecule has 1 heterocycles. The number of benzene rings is 1. The van der Waals surface area contributed by atoms with Crippen LogP contribution in [0, 0.1) is 20.8 Å². The molecule has 1 aromatic carbocycles. The number of carbonyl (C=O) groups is 2. The van der Waals surface area contributed by atoms with Crippen molar-refractivity contribution in [2.24, 2.45) is 0 Å². The number of aromatic nitrogens is 1. The molecule has 0 radical (unpaired) electrons. The van der Waals surface area contributed by atoms with Gasteiger partial charge in [0, 0.05) is 18.3 Å². The minimum Gasteiger partial charge on any atom is -0.361 e. The van der Waals surface area contributed by atoms with Crippen molar-refractivity contribution in [3.05, 3.63) is 40.8 Å². The lowest BCUT2D eigenvalue weighted by molar-refractivity contribution is -0.114. The molecule has 0 aliphatic rings. The van der Waals surface area contributed by atoms with Crippen molar-refractivity contribution in [2.45, 2.75) is 27.7 Å². The van der Waals surface area contributed by atoms with Gasteiger partial charge < -0.3 is 15.2 Å². The molecule has 6 nitrogen and oxygen atoms in total. The molecule has 0 bridgehead atoms. The molecule has 1 aromatic heterocycles. The molecule has 0 saturated carbocycles. The summed E-state index contributed by atoms with van der Waals surface area (Å²) >= 11 is 0. The van der Waals surface area contributed by atoms with E-state index in [0.717, 1.165) is 5.56 Å². The Morgan fingerprint density at radius 3 is 2.43 bits per heavy atom. The molecule has 0 atom stereocenters. The topological polar surface area (TPSA) is 84.2 Å². The zero-order valence-corrected chi connectivity index (χ0v) is 12.4. The molecular formula is C15H17N3O3. The smallest absolute Gasteiger partial charge is 0.261 e. The van der Waals surface area contributed by atoms with E-state index in [0.29, 0.717) is 28.4 Å². The predicted octanol–water partition coefficient (Wildman–Crippen LogP) is 2.81. The van der Waals surface area contributed by atoms with Gasteiger partial charge in [0.25, 0.3) is 5.91 Å². The summed E-state index contributed by atoms with van der Waals surface area (Å²) in [6.07, 6.45) is 0. The molecule has 0 saturated heterocycles. The van der Waals surface area contributed by atoms with Crippen molar-refractivity contribution >= 4 is 23.2 Å². The van der Waals surface area contributed by atoms with Crippen LogP contribution in [-0.4, -0.2) is 17.0 Å². The molecule has 110 valence electrons. The third kappa shape index (κ3) is 3.28. The summed E-state index contributed by atoms with van der Waals surface area (Å²) in [4.78, 5) is 23.4. The number of carbonyl (C=O) groups excluding carboxylic acids is 2. The van der Waals surface area contributed by atoms with Crippen molar-refractivity contribution in [3.8, 4) is 0 Å². The van der Waals surface area contributed by atoms with Gasteiger partial charge in [-0.05, 0) is 38.5 Å². The lowest BCUT2D eigenvalue weighted by Crippen LogP contribution is -2.15. The summed E-state index contributed by atoms with van der Waals surface area (Å²) in [6, 6.07) is 5.32. The normalized spacial score (nSPS) is 10.3. The zero-order chi connectivity index (χ0) is 15.6. The third-order valence-electron chi connectivity index (χ3n) is 3.07. The van der Waals surface area contributed by atoms with Crippen molar-refractivity contribution in [1.29, 1.82) is 0 Å². The Balaban J connectivity index is 2.26. The van der Waals surface area contributed by atoms with Gasteiger partial charge in [0.1, 0.15) is 11.3 Å². The van der Waals surface area contributed by atoms with E-state index >= 15 is 0 Å². The molecule has 2 aromatic rings. The Labute approximate surface area is 122 Å². The van der Waals surface area contributed by atoms with E-state index in [4.69, 9.17) is 4.52 Å². The van der Waals surface area contributed by atoms with Gasteiger partial charge in [0.15, 0.2) is 0 Å². The molecule has 2 amide bonds. The second-order valence-electron chi connectivity index (χ2n) is 4.86. The van der Waals surface area contributed by atoms with Crippen molar-refractivity contribution in [1.82, 2.24) is 5.16 Å². The molecule has 0 spiro atoms. The van der Waals surface area contributed by atoms with Gasteiger partial charge in [-0.1, -0.05) is 11.2 Å². The first-order valence-electron chi connectivity index (χ1n) is 6.51. The predicted molar refractivity (Wildman–Crippen MR) is 79.4 cm³/mol. The number of amides is 2. The van der Waals surface area contributed by atoms with Crippen LogP contribution < -0.4 is 10.6 Å². The lowest BCUT2D eigenvalue weighted by Gasteiger charge is -2.10. The highest BCUT2D eigenvalue weighted by Gasteiger charge is 2.18. The number of rotatable bonds is 3. The van der Waals surface area contributed by atoms with Gasteiger partial charge in [-0.25, -0.2) is 0 Å². The van der Waals surface area contributed by atoms with Gasteiger partial charge in [-0.2, -0.15) is 0 Å². The molecule has 2 N–H and O–H groups in total. The van der Waals surface area contributed by atoms with E-state index in [1.165, 1.54) is 6.92 Å². The first-order valence-corrected chi connectivity index (χ1v) is 6.51. The molecule has 0 fully saturated rings. The molecule has 21 heavy (non-hydrogen) atoms. The number of anilines is 2. The van der Waals surface area contributed by atoms with E-state index in [1.807, 2.05) is 13.0 Å². The van der Waals surface area contributed by atoms with E-state index in [9.17, 15) is 9.59 Å². The van der Waals surface area contributed by atoms with Crippen LogP contribution in [0.15, 0.2) is 22.7 Å². The van der Waals surface area contributed by atoms with E-state index in [2.05, 4.69) is 15.8 Å². The van der Waals surface area contributed by atoms with Crippen LogP contribution in [-0.2, 0) is 4.79 Å². The molecule has 0 aliphatic heterocycles. The second kappa shape index (κ2) is 5.78. The van der Waals surface area contributed by atoms with Crippen LogP contribution in [0.2, 0.25) is 0 Å². The number of aryl methyl sites for hydroxylation is 3. The van der Waals surface area contributed by atoms with Gasteiger partial charge in [-0.15, -0.1) is 0 Å². The highest BCUT2D eigenvalue weighted by molar-refractivity contribution is 6.06. The zero-order valence-electron chi connectivity index (χ0n) is 12.4.